The van der Waals surface area contributed by atoms with Crippen LogP contribution in [0.15, 0.2) is 42.7 Å². The van der Waals surface area contributed by atoms with E-state index in [1.165, 1.54) is 0 Å². The second-order valence-corrected chi connectivity index (χ2v) is 5.99. The fourth-order valence-corrected chi connectivity index (χ4v) is 2.60. The van der Waals surface area contributed by atoms with Crippen LogP contribution in [0.25, 0.3) is 0 Å². The lowest BCUT2D eigenvalue weighted by molar-refractivity contribution is 0.0933. The molecule has 2 aromatic rings. The highest BCUT2D eigenvalue weighted by atomic mass is 35.5. The monoisotopic (exact) mass is 331 g/mol. The number of amides is 1. The van der Waals surface area contributed by atoms with Crippen LogP contribution in [-0.4, -0.2) is 23.5 Å². The molecule has 3 N–H and O–H groups in total. The van der Waals surface area contributed by atoms with Crippen molar-refractivity contribution in [2.45, 2.75) is 18.9 Å². The quantitative estimate of drug-likeness (QED) is 0.853. The van der Waals surface area contributed by atoms with Crippen LogP contribution in [0.3, 0.4) is 0 Å². The highest BCUT2D eigenvalue weighted by molar-refractivity contribution is 6.32. The minimum atomic E-state index is -0.162. The average molecular weight is 332 g/mol. The van der Waals surface area contributed by atoms with Crippen molar-refractivity contribution in [2.75, 3.05) is 6.54 Å². The van der Waals surface area contributed by atoms with Gasteiger partial charge >= 0.3 is 0 Å². The number of pyridine rings is 1. The van der Waals surface area contributed by atoms with Crippen LogP contribution in [0.2, 0.25) is 5.02 Å². The molecule has 120 valence electrons. The molecular weight excluding hydrogens is 314 g/mol. The molecule has 1 fully saturated rings. The van der Waals surface area contributed by atoms with E-state index < -0.39 is 0 Å². The first-order valence-electron chi connectivity index (χ1n) is 7.55. The summed E-state index contributed by atoms with van der Waals surface area (Å²) in [5, 5.41) is 3.35. The predicted molar refractivity (Wildman–Crippen MR) is 88.8 cm³/mol. The lowest BCUT2D eigenvalue weighted by Gasteiger charge is -2.16. The van der Waals surface area contributed by atoms with E-state index in [2.05, 4.69) is 10.3 Å². The van der Waals surface area contributed by atoms with Gasteiger partial charge in [0.25, 0.3) is 5.91 Å². The minimum absolute atomic E-state index is 0.0361. The topological polar surface area (TPSA) is 77.2 Å². The SMILES string of the molecule is NCC(NC(=O)c1ccc(Oc2ccncc2)c(Cl)c1)C1CC1. The van der Waals surface area contributed by atoms with E-state index in [0.29, 0.717) is 34.5 Å². The highest BCUT2D eigenvalue weighted by Gasteiger charge is 2.31. The number of nitrogens with zero attached hydrogens (tertiary/aromatic N) is 1. The Morgan fingerprint density at radius 3 is 2.70 bits per heavy atom. The van der Waals surface area contributed by atoms with Crippen molar-refractivity contribution in [2.24, 2.45) is 11.7 Å². The largest absolute Gasteiger partial charge is 0.456 e. The Morgan fingerprint density at radius 2 is 2.09 bits per heavy atom. The van der Waals surface area contributed by atoms with E-state index in [0.717, 1.165) is 12.8 Å². The van der Waals surface area contributed by atoms with Crippen molar-refractivity contribution in [1.29, 1.82) is 0 Å². The third-order valence-electron chi connectivity index (χ3n) is 3.83. The van der Waals surface area contributed by atoms with Gasteiger partial charge in [0.1, 0.15) is 11.5 Å². The van der Waals surface area contributed by atoms with E-state index >= 15 is 0 Å². The number of aromatic nitrogens is 1. The lowest BCUT2D eigenvalue weighted by atomic mass is 10.1. The van der Waals surface area contributed by atoms with Crippen LogP contribution in [0.1, 0.15) is 23.2 Å². The van der Waals surface area contributed by atoms with E-state index in [1.54, 1.807) is 42.7 Å². The molecule has 23 heavy (non-hydrogen) atoms. The Labute approximate surface area is 139 Å². The van der Waals surface area contributed by atoms with E-state index in [9.17, 15) is 4.79 Å². The van der Waals surface area contributed by atoms with Gasteiger partial charge in [0, 0.05) is 30.5 Å². The number of hydrogen-bond donors (Lipinski definition) is 2. The maximum absolute atomic E-state index is 12.3. The van der Waals surface area contributed by atoms with Gasteiger partial charge < -0.3 is 15.8 Å². The molecule has 1 aliphatic rings. The van der Waals surface area contributed by atoms with Crippen LogP contribution in [0.5, 0.6) is 11.5 Å². The molecule has 1 aromatic heterocycles. The Bertz CT molecular complexity index is 689. The number of carbonyl (C=O) groups excluding carboxylic acids is 1. The van der Waals surface area contributed by atoms with Crippen molar-refractivity contribution < 1.29 is 9.53 Å². The number of halogens is 1. The number of rotatable bonds is 6. The molecule has 6 heteroatoms. The van der Waals surface area contributed by atoms with Crippen LogP contribution in [-0.2, 0) is 0 Å². The van der Waals surface area contributed by atoms with Crippen molar-refractivity contribution in [3.05, 3.63) is 53.3 Å². The van der Waals surface area contributed by atoms with Gasteiger partial charge in [-0.1, -0.05) is 11.6 Å². The van der Waals surface area contributed by atoms with E-state index in [4.69, 9.17) is 22.1 Å². The third-order valence-corrected chi connectivity index (χ3v) is 4.13. The van der Waals surface area contributed by atoms with Gasteiger partial charge in [-0.25, -0.2) is 0 Å². The summed E-state index contributed by atoms with van der Waals surface area (Å²) in [5.74, 6) is 1.47. The van der Waals surface area contributed by atoms with Gasteiger partial charge in [-0.15, -0.1) is 0 Å². The molecule has 0 saturated heterocycles. The Hall–Kier alpha value is -2.11. The molecule has 1 atom stereocenters. The molecule has 1 amide bonds. The molecule has 1 heterocycles. The summed E-state index contributed by atoms with van der Waals surface area (Å²) in [4.78, 5) is 16.2. The van der Waals surface area contributed by atoms with Gasteiger partial charge in [0.05, 0.1) is 5.02 Å². The first-order chi connectivity index (χ1) is 11.2. The number of carbonyl (C=O) groups is 1. The second kappa shape index (κ2) is 6.98. The summed E-state index contributed by atoms with van der Waals surface area (Å²) in [6.45, 7) is 0.452. The van der Waals surface area contributed by atoms with Crippen LogP contribution >= 0.6 is 11.6 Å². The summed E-state index contributed by atoms with van der Waals surface area (Å²) < 4.78 is 5.67. The molecule has 0 spiro atoms. The summed E-state index contributed by atoms with van der Waals surface area (Å²) in [7, 11) is 0. The van der Waals surface area contributed by atoms with Gasteiger partial charge in [-0.05, 0) is 49.1 Å². The summed E-state index contributed by atoms with van der Waals surface area (Å²) in [6.07, 6.45) is 5.52. The summed E-state index contributed by atoms with van der Waals surface area (Å²) in [5.41, 5.74) is 6.21. The molecule has 0 aliphatic heterocycles. The van der Waals surface area contributed by atoms with Gasteiger partial charge in [0.2, 0.25) is 0 Å². The van der Waals surface area contributed by atoms with Crippen LogP contribution < -0.4 is 15.8 Å². The van der Waals surface area contributed by atoms with Crippen LogP contribution in [0, 0.1) is 5.92 Å². The molecule has 1 aromatic carbocycles. The van der Waals surface area contributed by atoms with Gasteiger partial charge in [-0.2, -0.15) is 0 Å². The molecule has 1 unspecified atom stereocenters. The van der Waals surface area contributed by atoms with Crippen molar-refractivity contribution >= 4 is 17.5 Å². The second-order valence-electron chi connectivity index (χ2n) is 5.58. The molecule has 3 rings (SSSR count). The number of benzene rings is 1. The van der Waals surface area contributed by atoms with E-state index in [-0.39, 0.29) is 11.9 Å². The van der Waals surface area contributed by atoms with Crippen molar-refractivity contribution in [3.63, 3.8) is 0 Å². The van der Waals surface area contributed by atoms with E-state index in [1.807, 2.05) is 0 Å². The predicted octanol–water partition coefficient (Wildman–Crippen LogP) is 2.99. The molecule has 0 bridgehead atoms. The maximum Gasteiger partial charge on any atom is 0.251 e. The smallest absolute Gasteiger partial charge is 0.251 e. The fraction of sp³-hybridized carbons (Fsp3) is 0.294. The summed E-state index contributed by atoms with van der Waals surface area (Å²) in [6, 6.07) is 8.49. The highest BCUT2D eigenvalue weighted by Crippen LogP contribution is 2.33. The van der Waals surface area contributed by atoms with Crippen molar-refractivity contribution in [3.8, 4) is 11.5 Å². The first kappa shape index (κ1) is 15.8. The van der Waals surface area contributed by atoms with Crippen molar-refractivity contribution in [1.82, 2.24) is 10.3 Å². The zero-order chi connectivity index (χ0) is 16.2. The molecule has 1 aliphatic carbocycles. The minimum Gasteiger partial charge on any atom is -0.456 e. The standard InChI is InChI=1S/C17H18ClN3O2/c18-14-9-12(17(22)21-15(10-19)11-1-2-11)3-4-16(14)23-13-5-7-20-8-6-13/h3-9,11,15H,1-2,10,19H2,(H,21,22). The number of nitrogens with one attached hydrogen (secondary N) is 1. The zero-order valence-electron chi connectivity index (χ0n) is 12.5. The van der Waals surface area contributed by atoms with Gasteiger partial charge in [0.15, 0.2) is 0 Å². The molecule has 5 nitrogen and oxygen atoms in total. The average Bonchev–Trinajstić information content (AvgIpc) is 3.40. The lowest BCUT2D eigenvalue weighted by Crippen LogP contribution is -2.41. The zero-order valence-corrected chi connectivity index (χ0v) is 13.3. The third kappa shape index (κ3) is 4.00. The molecule has 0 radical (unpaired) electrons. The number of nitrogens with two attached hydrogens (primary N) is 1. The van der Waals surface area contributed by atoms with Gasteiger partial charge in [-0.3, -0.25) is 9.78 Å². The molecular formula is C17H18ClN3O2. The summed E-state index contributed by atoms with van der Waals surface area (Å²) >= 11 is 6.22. The Balaban J connectivity index is 1.69. The maximum atomic E-state index is 12.3. The first-order valence-corrected chi connectivity index (χ1v) is 7.93. The number of hydrogen-bond acceptors (Lipinski definition) is 4. The molecule has 1 saturated carbocycles. The Morgan fingerprint density at radius 1 is 1.35 bits per heavy atom. The van der Waals surface area contributed by atoms with Crippen LogP contribution in [0.4, 0.5) is 0 Å². The Kier molecular flexibility index (Phi) is 4.79. The number of ether oxygens (including phenoxy) is 1. The normalized spacial score (nSPS) is 15.0. The fourth-order valence-electron chi connectivity index (χ4n) is 2.38.